The number of nitrogens with zero attached hydrogens (tertiary/aromatic N) is 4. The number of aromatic nitrogens is 4. The maximum Gasteiger partial charge on any atom is 0.407 e. The Balaban J connectivity index is 1.03. The minimum Gasteiger partial charge on any atom is -0.453 e. The molecule has 3 aliphatic heterocycles. The molecule has 4 N–H and O–H groups in total. The van der Waals surface area contributed by atoms with E-state index in [2.05, 4.69) is 49.9 Å². The average Bonchev–Trinajstić information content (AvgIpc) is 4.09. The van der Waals surface area contributed by atoms with Gasteiger partial charge in [0, 0.05) is 13.0 Å². The first-order valence-electron chi connectivity index (χ1n) is 19.8. The smallest absolute Gasteiger partial charge is 0.407 e. The lowest BCUT2D eigenvalue weighted by molar-refractivity contribution is -0.153. The fraction of sp³-hybridized carbons (Fsp3) is 0.476. The number of benzene rings is 2. The lowest BCUT2D eigenvalue weighted by Gasteiger charge is -2.30. The third-order valence-corrected chi connectivity index (χ3v) is 11.3. The molecule has 3 aliphatic rings. The summed E-state index contributed by atoms with van der Waals surface area (Å²) in [6.45, 7) is 9.20. The van der Waals surface area contributed by atoms with Gasteiger partial charge in [0.05, 0.1) is 69.8 Å². The summed E-state index contributed by atoms with van der Waals surface area (Å²) in [4.78, 5) is 71.3. The molecule has 16 heteroatoms. The quantitative estimate of drug-likeness (QED) is 0.149. The van der Waals surface area contributed by atoms with Crippen molar-refractivity contribution < 1.29 is 38.1 Å². The Morgan fingerprint density at radius 2 is 1.16 bits per heavy atom. The van der Waals surface area contributed by atoms with Gasteiger partial charge in [0.1, 0.15) is 23.7 Å². The Morgan fingerprint density at radius 3 is 1.62 bits per heavy atom. The number of rotatable bonds is 11. The van der Waals surface area contributed by atoms with Gasteiger partial charge in [-0.05, 0) is 46.9 Å². The van der Waals surface area contributed by atoms with E-state index in [9.17, 15) is 19.2 Å². The van der Waals surface area contributed by atoms with Crippen LogP contribution in [0.3, 0.4) is 0 Å². The number of amides is 4. The molecule has 4 atom stereocenters. The number of likely N-dealkylation sites (tertiary alicyclic amines) is 2. The second-order valence-electron chi connectivity index (χ2n) is 15.7. The van der Waals surface area contributed by atoms with Crippen LogP contribution in [0.1, 0.15) is 70.7 Å². The van der Waals surface area contributed by atoms with Gasteiger partial charge in [0.25, 0.3) is 0 Å². The standard InChI is InChI=1S/C42H52N8O8/c1-24(2)34(47-40(53)55-5)38(51)49-17-7-8-32(49)36-43-21-30(45-36)28-13-9-26(10-14-28)27-11-15-29(16-12-27)31-22-44-37(46-31)33-20-42(57-18-19-58-42)23-50(33)39(52)35(25(3)4)48-41(54)56-6/h9-16,21-22,24-25,32-35H,7-8,17-20,23H2,1-6H3,(H,43,45)(H,44,46)(H,47,53)(H,48,54)/t32-,33-,34-,35?/m0/s1. The van der Waals surface area contributed by atoms with Crippen LogP contribution in [0.5, 0.6) is 0 Å². The van der Waals surface area contributed by atoms with E-state index in [-0.39, 0.29) is 36.2 Å². The Morgan fingerprint density at radius 1 is 0.707 bits per heavy atom. The van der Waals surface area contributed by atoms with Gasteiger partial charge in [-0.15, -0.1) is 0 Å². The first kappa shape index (κ1) is 40.5. The number of nitrogens with one attached hydrogen (secondary N) is 4. The highest BCUT2D eigenvalue weighted by Gasteiger charge is 2.52. The van der Waals surface area contributed by atoms with E-state index in [0.29, 0.717) is 37.8 Å². The zero-order valence-electron chi connectivity index (χ0n) is 33.7. The van der Waals surface area contributed by atoms with E-state index < -0.39 is 36.1 Å². The van der Waals surface area contributed by atoms with E-state index in [1.807, 2.05) is 52.0 Å². The Bertz CT molecular complexity index is 2090. The predicted octanol–water partition coefficient (Wildman–Crippen LogP) is 5.58. The molecule has 4 amide bonds. The number of hydrogen-bond donors (Lipinski definition) is 4. The topological polar surface area (TPSA) is 193 Å². The summed E-state index contributed by atoms with van der Waals surface area (Å²) in [5, 5.41) is 5.38. The number of H-pyrrole nitrogens is 2. The van der Waals surface area contributed by atoms with Crippen LogP contribution in [0.15, 0.2) is 60.9 Å². The largest absolute Gasteiger partial charge is 0.453 e. The number of carbonyl (C=O) groups is 4. The molecule has 0 bridgehead atoms. The molecule has 0 radical (unpaired) electrons. The molecule has 3 fully saturated rings. The summed E-state index contributed by atoms with van der Waals surface area (Å²) in [6.07, 6.45) is 4.26. The fourth-order valence-electron chi connectivity index (χ4n) is 8.08. The Labute approximate surface area is 337 Å². The molecule has 7 rings (SSSR count). The highest BCUT2D eigenvalue weighted by molar-refractivity contribution is 5.87. The summed E-state index contributed by atoms with van der Waals surface area (Å²) in [7, 11) is 2.56. The van der Waals surface area contributed by atoms with Crippen LogP contribution >= 0.6 is 0 Å². The average molecular weight is 797 g/mol. The SMILES string of the molecule is COC(=O)NC(C(=O)N1CC2(C[C@H]1c1ncc(-c3ccc(-c4ccc(-c5cnc([C@@H]6CCCN6C(=O)[C@@H](NC(=O)OC)C(C)C)[nH]5)cc4)cc3)[nH]1)OCCO2)C(C)C. The van der Waals surface area contributed by atoms with Crippen LogP contribution in [0.25, 0.3) is 33.6 Å². The molecule has 0 aliphatic carbocycles. The molecule has 4 aromatic rings. The van der Waals surface area contributed by atoms with Gasteiger partial charge in [-0.2, -0.15) is 0 Å². The van der Waals surface area contributed by atoms with Crippen molar-refractivity contribution in [3.63, 3.8) is 0 Å². The van der Waals surface area contributed by atoms with Crippen LogP contribution in [0.2, 0.25) is 0 Å². The molecule has 3 saturated heterocycles. The van der Waals surface area contributed by atoms with Crippen molar-refractivity contribution in [2.75, 3.05) is 40.5 Å². The van der Waals surface area contributed by atoms with Gasteiger partial charge >= 0.3 is 12.2 Å². The van der Waals surface area contributed by atoms with Gasteiger partial charge in [-0.25, -0.2) is 19.6 Å². The minimum absolute atomic E-state index is 0.112. The number of imidazole rings is 2. The molecule has 16 nitrogen and oxygen atoms in total. The van der Waals surface area contributed by atoms with Gasteiger partial charge in [0.2, 0.25) is 11.8 Å². The molecule has 308 valence electrons. The number of ether oxygens (including phenoxy) is 4. The van der Waals surface area contributed by atoms with Crippen molar-refractivity contribution in [1.82, 2.24) is 40.4 Å². The van der Waals surface area contributed by atoms with Gasteiger partial charge < -0.3 is 49.3 Å². The molecule has 0 saturated carbocycles. The van der Waals surface area contributed by atoms with Crippen molar-refractivity contribution in [3.8, 4) is 33.6 Å². The monoisotopic (exact) mass is 796 g/mol. The Kier molecular flexibility index (Phi) is 11.9. The molecular formula is C42H52N8O8. The van der Waals surface area contributed by atoms with E-state index in [4.69, 9.17) is 23.9 Å². The lowest BCUT2D eigenvalue weighted by Crippen LogP contribution is -2.52. The summed E-state index contributed by atoms with van der Waals surface area (Å²) in [6, 6.07) is 14.2. The van der Waals surface area contributed by atoms with E-state index in [0.717, 1.165) is 46.5 Å². The van der Waals surface area contributed by atoms with Crippen LogP contribution in [0, 0.1) is 11.8 Å². The van der Waals surface area contributed by atoms with Crippen molar-refractivity contribution in [1.29, 1.82) is 0 Å². The first-order valence-corrected chi connectivity index (χ1v) is 19.8. The third-order valence-electron chi connectivity index (χ3n) is 11.3. The van der Waals surface area contributed by atoms with Crippen molar-refractivity contribution in [2.45, 2.75) is 76.9 Å². The van der Waals surface area contributed by atoms with Crippen LogP contribution in [0.4, 0.5) is 9.59 Å². The van der Waals surface area contributed by atoms with Crippen LogP contribution in [-0.4, -0.2) is 112 Å². The van der Waals surface area contributed by atoms with Crippen molar-refractivity contribution in [3.05, 3.63) is 72.6 Å². The van der Waals surface area contributed by atoms with Gasteiger partial charge in [0.15, 0.2) is 5.79 Å². The van der Waals surface area contributed by atoms with Crippen LogP contribution in [-0.2, 0) is 28.5 Å². The Hall–Kier alpha value is -5.74. The normalized spacial score (nSPS) is 19.8. The molecule has 2 aromatic heterocycles. The molecule has 5 heterocycles. The second kappa shape index (κ2) is 17.0. The predicted molar refractivity (Wildman–Crippen MR) is 213 cm³/mol. The van der Waals surface area contributed by atoms with E-state index >= 15 is 0 Å². The van der Waals surface area contributed by atoms with E-state index in [1.54, 1.807) is 22.2 Å². The highest BCUT2D eigenvalue weighted by Crippen LogP contribution is 2.43. The summed E-state index contributed by atoms with van der Waals surface area (Å²) in [5.41, 5.74) is 5.59. The summed E-state index contributed by atoms with van der Waals surface area (Å²) < 4.78 is 21.6. The number of alkyl carbamates (subject to hydrolysis) is 2. The summed E-state index contributed by atoms with van der Waals surface area (Å²) >= 11 is 0. The number of carbonyl (C=O) groups excluding carboxylic acids is 4. The fourth-order valence-corrected chi connectivity index (χ4v) is 8.08. The van der Waals surface area contributed by atoms with E-state index in [1.165, 1.54) is 14.2 Å². The highest BCUT2D eigenvalue weighted by atomic mass is 16.7. The molecule has 1 spiro atoms. The zero-order chi connectivity index (χ0) is 41.1. The van der Waals surface area contributed by atoms with Crippen molar-refractivity contribution >= 4 is 24.0 Å². The first-order chi connectivity index (χ1) is 27.9. The number of hydrogen-bond acceptors (Lipinski definition) is 10. The van der Waals surface area contributed by atoms with Crippen LogP contribution < -0.4 is 10.6 Å². The maximum atomic E-state index is 13.9. The third kappa shape index (κ3) is 8.29. The second-order valence-corrected chi connectivity index (χ2v) is 15.7. The number of methoxy groups -OCH3 is 2. The number of aromatic amines is 2. The lowest BCUT2D eigenvalue weighted by atomic mass is 10.0. The minimum atomic E-state index is -0.933. The van der Waals surface area contributed by atoms with Gasteiger partial charge in [-0.1, -0.05) is 76.2 Å². The maximum absolute atomic E-state index is 13.9. The van der Waals surface area contributed by atoms with Gasteiger partial charge in [-0.3, -0.25) is 9.59 Å². The van der Waals surface area contributed by atoms with Crippen molar-refractivity contribution in [2.24, 2.45) is 11.8 Å². The molecule has 58 heavy (non-hydrogen) atoms. The molecule has 2 aromatic carbocycles. The zero-order valence-corrected chi connectivity index (χ0v) is 33.7. The summed E-state index contributed by atoms with van der Waals surface area (Å²) in [5.74, 6) is -0.333. The molecular weight excluding hydrogens is 745 g/mol. The molecule has 1 unspecified atom stereocenters.